The van der Waals surface area contributed by atoms with Gasteiger partial charge in [-0.1, -0.05) is 35.5 Å². The second-order valence-corrected chi connectivity index (χ2v) is 5.49. The van der Waals surface area contributed by atoms with Crippen LogP contribution < -0.4 is 0 Å². The Morgan fingerprint density at radius 1 is 1.12 bits per heavy atom. The second kappa shape index (κ2) is 5.90. The Balaban J connectivity index is 1.77. The summed E-state index contributed by atoms with van der Waals surface area (Å²) in [5.74, 6) is -0.361. The molecule has 24 heavy (non-hydrogen) atoms. The molecular weight excluding hydrogens is 306 g/mol. The highest BCUT2D eigenvalue weighted by atomic mass is 16.5. The minimum atomic E-state index is -0.361. The van der Waals surface area contributed by atoms with Gasteiger partial charge in [0.1, 0.15) is 5.69 Å². The van der Waals surface area contributed by atoms with Gasteiger partial charge in [-0.15, -0.1) is 5.10 Å². The molecule has 1 aliphatic rings. The van der Waals surface area contributed by atoms with Gasteiger partial charge in [-0.2, -0.15) is 0 Å². The van der Waals surface area contributed by atoms with Crippen LogP contribution in [-0.4, -0.2) is 28.1 Å². The topological polar surface area (TPSA) is 66.2 Å². The van der Waals surface area contributed by atoms with E-state index in [9.17, 15) is 4.79 Å². The highest BCUT2D eigenvalue weighted by Gasteiger charge is 2.21. The van der Waals surface area contributed by atoms with E-state index in [4.69, 9.17) is 9.47 Å². The summed E-state index contributed by atoms with van der Waals surface area (Å²) in [6, 6.07) is 15.1. The number of rotatable bonds is 2. The summed E-state index contributed by atoms with van der Waals surface area (Å²) >= 11 is 0. The SMILES string of the molecule is COC(=O)c1ccc(-c2nnn3c2COCc2ccccc2-3)cc1. The standard InChI is InChI=1S/C18H15N3O3/c1-23-18(22)13-8-6-12(7-9-13)17-16-11-24-10-14-4-2-3-5-15(14)21(16)20-19-17/h2-9H,10-11H2,1H3. The zero-order valence-electron chi connectivity index (χ0n) is 13.1. The van der Waals surface area contributed by atoms with Gasteiger partial charge in [-0.05, 0) is 18.2 Å². The molecular formula is C18H15N3O3. The lowest BCUT2D eigenvalue weighted by molar-refractivity contribution is 0.0601. The van der Waals surface area contributed by atoms with Gasteiger partial charge in [-0.3, -0.25) is 0 Å². The van der Waals surface area contributed by atoms with Crippen LogP contribution in [0.4, 0.5) is 0 Å². The Kier molecular flexibility index (Phi) is 3.59. The molecule has 3 aromatic rings. The lowest BCUT2D eigenvalue weighted by atomic mass is 10.1. The molecule has 0 aliphatic carbocycles. The lowest BCUT2D eigenvalue weighted by Crippen LogP contribution is -2.02. The maximum atomic E-state index is 11.6. The van der Waals surface area contributed by atoms with Gasteiger partial charge in [-0.25, -0.2) is 9.48 Å². The summed E-state index contributed by atoms with van der Waals surface area (Å²) in [6.45, 7) is 0.968. The monoisotopic (exact) mass is 321 g/mol. The predicted octanol–water partition coefficient (Wildman–Crippen LogP) is 2.75. The number of methoxy groups -OCH3 is 1. The number of carbonyl (C=O) groups is 1. The predicted molar refractivity (Wildman–Crippen MR) is 86.6 cm³/mol. The van der Waals surface area contributed by atoms with Gasteiger partial charge in [0.15, 0.2) is 0 Å². The van der Waals surface area contributed by atoms with Crippen LogP contribution in [-0.2, 0) is 22.7 Å². The van der Waals surface area contributed by atoms with Crippen molar-refractivity contribution in [2.75, 3.05) is 7.11 Å². The van der Waals surface area contributed by atoms with Crippen LogP contribution in [0.3, 0.4) is 0 Å². The molecule has 2 heterocycles. The fraction of sp³-hybridized carbons (Fsp3) is 0.167. The Hall–Kier alpha value is -2.99. The second-order valence-electron chi connectivity index (χ2n) is 5.49. The maximum Gasteiger partial charge on any atom is 0.337 e. The normalized spacial score (nSPS) is 12.9. The van der Waals surface area contributed by atoms with Crippen molar-refractivity contribution in [1.29, 1.82) is 0 Å². The van der Waals surface area contributed by atoms with Gasteiger partial charge >= 0.3 is 5.97 Å². The summed E-state index contributed by atoms with van der Waals surface area (Å²) in [5.41, 5.74) is 5.09. The Morgan fingerprint density at radius 3 is 2.71 bits per heavy atom. The summed E-state index contributed by atoms with van der Waals surface area (Å²) in [7, 11) is 1.37. The van der Waals surface area contributed by atoms with Crippen molar-refractivity contribution in [2.45, 2.75) is 13.2 Å². The van der Waals surface area contributed by atoms with E-state index in [0.29, 0.717) is 18.8 Å². The Morgan fingerprint density at radius 2 is 1.92 bits per heavy atom. The number of esters is 1. The van der Waals surface area contributed by atoms with Crippen LogP contribution in [0.25, 0.3) is 16.9 Å². The van der Waals surface area contributed by atoms with E-state index in [2.05, 4.69) is 10.3 Å². The molecule has 0 atom stereocenters. The van der Waals surface area contributed by atoms with Crippen molar-refractivity contribution in [1.82, 2.24) is 15.0 Å². The minimum Gasteiger partial charge on any atom is -0.465 e. The molecule has 1 aliphatic heterocycles. The molecule has 6 heteroatoms. The molecule has 0 fully saturated rings. The first-order chi connectivity index (χ1) is 11.8. The molecule has 0 amide bonds. The van der Waals surface area contributed by atoms with E-state index >= 15 is 0 Å². The molecule has 0 N–H and O–H groups in total. The number of aromatic nitrogens is 3. The van der Waals surface area contributed by atoms with Crippen molar-refractivity contribution in [3.05, 3.63) is 65.4 Å². The Bertz CT molecular complexity index is 900. The average molecular weight is 321 g/mol. The summed E-state index contributed by atoms with van der Waals surface area (Å²) in [4.78, 5) is 11.6. The largest absolute Gasteiger partial charge is 0.465 e. The van der Waals surface area contributed by atoms with E-state index in [-0.39, 0.29) is 5.97 Å². The molecule has 0 saturated carbocycles. The quantitative estimate of drug-likeness (QED) is 0.679. The summed E-state index contributed by atoms with van der Waals surface area (Å²) < 4.78 is 12.3. The van der Waals surface area contributed by atoms with Crippen LogP contribution in [0.2, 0.25) is 0 Å². The van der Waals surface area contributed by atoms with E-state index < -0.39 is 0 Å². The number of carbonyl (C=O) groups excluding carboxylic acids is 1. The van der Waals surface area contributed by atoms with E-state index in [1.165, 1.54) is 7.11 Å². The van der Waals surface area contributed by atoms with Crippen LogP contribution in [0.1, 0.15) is 21.6 Å². The average Bonchev–Trinajstić information content (AvgIpc) is 2.96. The number of hydrogen-bond donors (Lipinski definition) is 0. The van der Waals surface area contributed by atoms with Crippen molar-refractivity contribution >= 4 is 5.97 Å². The molecule has 4 rings (SSSR count). The summed E-state index contributed by atoms with van der Waals surface area (Å²) in [6.07, 6.45) is 0. The third-order valence-corrected chi connectivity index (χ3v) is 4.06. The number of fused-ring (bicyclic) bond motifs is 3. The first-order valence-corrected chi connectivity index (χ1v) is 7.57. The van der Waals surface area contributed by atoms with Gasteiger partial charge < -0.3 is 9.47 Å². The molecule has 0 saturated heterocycles. The molecule has 1 aromatic heterocycles. The molecule has 6 nitrogen and oxygen atoms in total. The highest BCUT2D eigenvalue weighted by Crippen LogP contribution is 2.28. The van der Waals surface area contributed by atoms with Crippen LogP contribution >= 0.6 is 0 Å². The van der Waals surface area contributed by atoms with Gasteiger partial charge in [0.05, 0.1) is 37.3 Å². The minimum absolute atomic E-state index is 0.361. The van der Waals surface area contributed by atoms with Crippen molar-refractivity contribution in [2.24, 2.45) is 0 Å². The third-order valence-electron chi connectivity index (χ3n) is 4.06. The van der Waals surface area contributed by atoms with Crippen molar-refractivity contribution in [3.63, 3.8) is 0 Å². The molecule has 2 aromatic carbocycles. The maximum absolute atomic E-state index is 11.6. The fourth-order valence-corrected chi connectivity index (χ4v) is 2.83. The molecule has 0 spiro atoms. The Labute approximate surface area is 138 Å². The van der Waals surface area contributed by atoms with Crippen LogP contribution in [0, 0.1) is 0 Å². The smallest absolute Gasteiger partial charge is 0.337 e. The van der Waals surface area contributed by atoms with Gasteiger partial charge in [0, 0.05) is 11.1 Å². The summed E-state index contributed by atoms with van der Waals surface area (Å²) in [5, 5.41) is 8.62. The van der Waals surface area contributed by atoms with Gasteiger partial charge in [0.25, 0.3) is 0 Å². The number of para-hydroxylation sites is 1. The molecule has 0 bridgehead atoms. The third kappa shape index (κ3) is 2.37. The number of nitrogens with zero attached hydrogens (tertiary/aromatic N) is 3. The first-order valence-electron chi connectivity index (χ1n) is 7.57. The van der Waals surface area contributed by atoms with E-state index in [0.717, 1.165) is 28.2 Å². The highest BCUT2D eigenvalue weighted by molar-refractivity contribution is 5.89. The van der Waals surface area contributed by atoms with Crippen molar-refractivity contribution in [3.8, 4) is 16.9 Å². The van der Waals surface area contributed by atoms with E-state index in [1.807, 2.05) is 41.1 Å². The number of benzene rings is 2. The molecule has 0 unspecified atom stereocenters. The van der Waals surface area contributed by atoms with Crippen molar-refractivity contribution < 1.29 is 14.3 Å². The van der Waals surface area contributed by atoms with E-state index in [1.54, 1.807) is 12.1 Å². The van der Waals surface area contributed by atoms with Crippen LogP contribution in [0.5, 0.6) is 0 Å². The lowest BCUT2D eigenvalue weighted by Gasteiger charge is -2.06. The fourth-order valence-electron chi connectivity index (χ4n) is 2.83. The molecule has 120 valence electrons. The zero-order chi connectivity index (χ0) is 16.5. The number of hydrogen-bond acceptors (Lipinski definition) is 5. The molecule has 0 radical (unpaired) electrons. The number of ether oxygens (including phenoxy) is 2. The zero-order valence-corrected chi connectivity index (χ0v) is 13.1. The van der Waals surface area contributed by atoms with Gasteiger partial charge in [0.2, 0.25) is 0 Å². The first kappa shape index (κ1) is 14.6. The van der Waals surface area contributed by atoms with Crippen LogP contribution in [0.15, 0.2) is 48.5 Å².